The van der Waals surface area contributed by atoms with E-state index in [2.05, 4.69) is 15.0 Å². The predicted molar refractivity (Wildman–Crippen MR) is 119 cm³/mol. The van der Waals surface area contributed by atoms with Gasteiger partial charge in [-0.25, -0.2) is 9.79 Å². The van der Waals surface area contributed by atoms with Gasteiger partial charge in [0.15, 0.2) is 11.7 Å². The molecule has 1 aromatic heterocycles. The summed E-state index contributed by atoms with van der Waals surface area (Å²) in [6.07, 6.45) is 1.61. The van der Waals surface area contributed by atoms with Crippen LogP contribution in [-0.2, 0) is 9.47 Å². The molecule has 5 N–H and O–H groups in total. The molecule has 1 aliphatic heterocycles. The molecule has 1 aromatic rings. The summed E-state index contributed by atoms with van der Waals surface area (Å²) in [5.74, 6) is -0.223. The summed E-state index contributed by atoms with van der Waals surface area (Å²) in [4.78, 5) is 25.9. The summed E-state index contributed by atoms with van der Waals surface area (Å²) in [6, 6.07) is 1.65. The quantitative estimate of drug-likeness (QED) is 0.363. The zero-order valence-electron chi connectivity index (χ0n) is 17.8. The van der Waals surface area contributed by atoms with E-state index in [-0.39, 0.29) is 19.0 Å². The number of pyridine rings is 1. The van der Waals surface area contributed by atoms with Crippen LogP contribution in [0, 0.1) is 5.41 Å². The monoisotopic (exact) mass is 451 g/mol. The van der Waals surface area contributed by atoms with Crippen LogP contribution in [0.3, 0.4) is 0 Å². The van der Waals surface area contributed by atoms with Crippen LogP contribution in [0.1, 0.15) is 19.4 Å². The number of carboxylic acid groups (broad SMARTS) is 1. The van der Waals surface area contributed by atoms with Gasteiger partial charge in [0.1, 0.15) is 11.4 Å². The van der Waals surface area contributed by atoms with Gasteiger partial charge < -0.3 is 25.2 Å². The smallest absolute Gasteiger partial charge is 0.410 e. The van der Waals surface area contributed by atoms with E-state index in [1.165, 1.54) is 6.20 Å². The Morgan fingerprint density at radius 1 is 1.48 bits per heavy atom. The Bertz CT molecular complexity index is 947. The number of aliphatic imine (C=N–C) groups is 2. The van der Waals surface area contributed by atoms with E-state index in [1.54, 1.807) is 26.5 Å². The van der Waals surface area contributed by atoms with Crippen LogP contribution in [0.5, 0.6) is 0 Å². The van der Waals surface area contributed by atoms with Gasteiger partial charge in [-0.2, -0.15) is 0 Å². The van der Waals surface area contributed by atoms with Gasteiger partial charge in [-0.05, 0) is 19.9 Å². The maximum atomic E-state index is 10.9. The summed E-state index contributed by atoms with van der Waals surface area (Å²) in [6.45, 7) is 4.88. The second-order valence-electron chi connectivity index (χ2n) is 6.74. The Morgan fingerprint density at radius 2 is 2.19 bits per heavy atom. The molecule has 11 nitrogen and oxygen atoms in total. The molecule has 1 aliphatic rings. The lowest BCUT2D eigenvalue weighted by molar-refractivity contribution is -0.00725. The first-order valence-electron chi connectivity index (χ1n) is 9.30. The fourth-order valence-corrected chi connectivity index (χ4v) is 3.29. The van der Waals surface area contributed by atoms with Crippen LogP contribution in [-0.4, -0.2) is 78.1 Å². The van der Waals surface area contributed by atoms with E-state index in [9.17, 15) is 4.79 Å². The van der Waals surface area contributed by atoms with Crippen LogP contribution >= 0.6 is 11.6 Å². The zero-order chi connectivity index (χ0) is 23.2. The van der Waals surface area contributed by atoms with E-state index in [0.717, 1.165) is 0 Å². The molecular formula is C19H26ClN7O4. The molecule has 0 saturated carbocycles. The summed E-state index contributed by atoms with van der Waals surface area (Å²) in [7, 11) is 3.16. The second-order valence-corrected chi connectivity index (χ2v) is 7.18. The standard InChI is InChI=1S/C19H26ClN7O4/c1-5-27-13(9-24-17(27)19(2,31-4)10-30-3)14(11-6-12(20)8-23-7-11)25-15(21)16(22)26-18(28)29/h6-8H,5,9-10H2,1-4H3,(H2,21,25)(H2,22,26)(H,28,29)/b14-13+. The minimum Gasteiger partial charge on any atom is -0.465 e. The number of carbonyl (C=O) groups is 1. The number of likely N-dealkylation sites (N-methyl/N-ethyl adjacent to an activating group) is 1. The topological polar surface area (TPSA) is 159 Å². The van der Waals surface area contributed by atoms with Crippen molar-refractivity contribution in [1.82, 2.24) is 15.2 Å². The Balaban J connectivity index is 2.62. The van der Waals surface area contributed by atoms with Crippen molar-refractivity contribution in [3.8, 4) is 0 Å². The van der Waals surface area contributed by atoms with Crippen molar-refractivity contribution < 1.29 is 19.4 Å². The largest absolute Gasteiger partial charge is 0.465 e. The number of aromatic nitrogens is 1. The molecule has 168 valence electrons. The van der Waals surface area contributed by atoms with Crippen molar-refractivity contribution in [3.63, 3.8) is 0 Å². The molecule has 2 heterocycles. The molecule has 12 heteroatoms. The summed E-state index contributed by atoms with van der Waals surface area (Å²) in [5, 5.41) is 18.9. The highest BCUT2D eigenvalue weighted by molar-refractivity contribution is 6.41. The fourth-order valence-electron chi connectivity index (χ4n) is 3.12. The highest BCUT2D eigenvalue weighted by Crippen LogP contribution is 2.31. The normalized spacial score (nSPS) is 17.8. The van der Waals surface area contributed by atoms with Crippen molar-refractivity contribution >= 4 is 40.9 Å². The van der Waals surface area contributed by atoms with E-state index in [4.69, 9.17) is 37.3 Å². The number of nitrogens with two attached hydrogens (primary N) is 1. The average Bonchev–Trinajstić information content (AvgIpc) is 3.15. The number of nitrogens with zero attached hydrogens (tertiary/aromatic N) is 4. The van der Waals surface area contributed by atoms with Crippen LogP contribution in [0.2, 0.25) is 5.02 Å². The van der Waals surface area contributed by atoms with Crippen LogP contribution in [0.25, 0.3) is 5.70 Å². The lowest BCUT2D eigenvalue weighted by Crippen LogP contribution is -2.49. The molecule has 0 aromatic carbocycles. The van der Waals surface area contributed by atoms with Crippen LogP contribution in [0.4, 0.5) is 4.79 Å². The minimum absolute atomic E-state index is 0.254. The third kappa shape index (κ3) is 5.57. The van der Waals surface area contributed by atoms with Crippen LogP contribution < -0.4 is 11.1 Å². The van der Waals surface area contributed by atoms with Gasteiger partial charge in [0.25, 0.3) is 0 Å². The average molecular weight is 452 g/mol. The number of hydrogen-bond acceptors (Lipinski definition) is 8. The number of amidine groups is 3. The highest BCUT2D eigenvalue weighted by Gasteiger charge is 2.39. The molecule has 0 aliphatic carbocycles. The number of rotatable bonds is 7. The lowest BCUT2D eigenvalue weighted by atomic mass is 10.1. The first-order chi connectivity index (χ1) is 14.7. The van der Waals surface area contributed by atoms with Crippen molar-refractivity contribution in [2.75, 3.05) is 33.9 Å². The molecule has 0 bridgehead atoms. The van der Waals surface area contributed by atoms with Gasteiger partial charge in [-0.15, -0.1) is 0 Å². The van der Waals surface area contributed by atoms with Crippen LogP contribution in [0.15, 0.2) is 34.1 Å². The maximum Gasteiger partial charge on any atom is 0.410 e. The molecule has 0 saturated heterocycles. The first-order valence-corrected chi connectivity index (χ1v) is 9.68. The molecule has 31 heavy (non-hydrogen) atoms. The molecule has 0 fully saturated rings. The number of nitrogens with one attached hydrogen (secondary N) is 2. The number of amides is 1. The fraction of sp³-hybridized carbons (Fsp3) is 0.421. The highest BCUT2D eigenvalue weighted by atomic mass is 35.5. The van der Waals surface area contributed by atoms with Gasteiger partial charge in [-0.1, -0.05) is 11.6 Å². The Morgan fingerprint density at radius 3 is 2.74 bits per heavy atom. The maximum absolute atomic E-state index is 10.9. The number of ether oxygens (including phenoxy) is 2. The number of halogens is 1. The molecule has 1 unspecified atom stereocenters. The summed E-state index contributed by atoms with van der Waals surface area (Å²) in [5.41, 5.74) is 6.67. The van der Waals surface area contributed by atoms with Crippen molar-refractivity contribution in [1.29, 1.82) is 5.41 Å². The third-order valence-electron chi connectivity index (χ3n) is 4.59. The van der Waals surface area contributed by atoms with E-state index < -0.39 is 17.5 Å². The Labute approximate surface area is 185 Å². The van der Waals surface area contributed by atoms with Gasteiger partial charge >= 0.3 is 6.09 Å². The molecule has 2 rings (SSSR count). The summed E-state index contributed by atoms with van der Waals surface area (Å²) >= 11 is 6.12. The lowest BCUT2D eigenvalue weighted by Gasteiger charge is -2.33. The minimum atomic E-state index is -1.42. The van der Waals surface area contributed by atoms with E-state index in [0.29, 0.717) is 34.4 Å². The van der Waals surface area contributed by atoms with Crippen molar-refractivity contribution in [2.24, 2.45) is 15.7 Å². The number of hydrogen-bond donors (Lipinski definition) is 4. The second kappa shape index (κ2) is 10.3. The predicted octanol–water partition coefficient (Wildman–Crippen LogP) is 1.79. The third-order valence-corrected chi connectivity index (χ3v) is 4.80. The molecule has 0 spiro atoms. The molecule has 1 amide bonds. The molecule has 1 atom stereocenters. The van der Waals surface area contributed by atoms with Crippen molar-refractivity contribution in [3.05, 3.63) is 34.7 Å². The van der Waals surface area contributed by atoms with Gasteiger partial charge in [0, 0.05) is 38.7 Å². The summed E-state index contributed by atoms with van der Waals surface area (Å²) < 4.78 is 11.0. The van der Waals surface area contributed by atoms with Gasteiger partial charge in [-0.3, -0.25) is 20.7 Å². The van der Waals surface area contributed by atoms with E-state index >= 15 is 0 Å². The number of methoxy groups -OCH3 is 2. The van der Waals surface area contributed by atoms with Gasteiger partial charge in [0.05, 0.1) is 29.6 Å². The molecular weight excluding hydrogens is 426 g/mol. The van der Waals surface area contributed by atoms with E-state index in [1.807, 2.05) is 24.1 Å². The first kappa shape index (κ1) is 24.3. The Kier molecular flexibility index (Phi) is 8.08. The zero-order valence-corrected chi connectivity index (χ0v) is 18.5. The van der Waals surface area contributed by atoms with Gasteiger partial charge in [0.2, 0.25) is 0 Å². The van der Waals surface area contributed by atoms with Crippen molar-refractivity contribution in [2.45, 2.75) is 19.4 Å². The Hall–Kier alpha value is -3.02. The molecule has 0 radical (unpaired) electrons. The SMILES string of the molecule is CCN1C(C(C)(COC)OC)=NC/C1=C(\N=C(/N)C(=N)NC(=O)O)c1cncc(Cl)c1.